The Labute approximate surface area is 105 Å². The van der Waals surface area contributed by atoms with Crippen LogP contribution < -0.4 is 4.90 Å². The number of hydrogen-bond acceptors (Lipinski definition) is 4. The third-order valence-corrected chi connectivity index (χ3v) is 3.75. The fourth-order valence-electron chi connectivity index (χ4n) is 1.63. The number of thiophene rings is 1. The Balaban J connectivity index is 2.89. The maximum absolute atomic E-state index is 12.2. The van der Waals surface area contributed by atoms with Gasteiger partial charge in [-0.15, -0.1) is 11.3 Å². The molecule has 0 saturated heterocycles. The molecule has 1 amide bonds. The minimum absolute atomic E-state index is 0.218. The zero-order valence-corrected chi connectivity index (χ0v) is 11.3. The highest BCUT2D eigenvalue weighted by Crippen LogP contribution is 2.27. The predicted octanol–water partition coefficient (Wildman–Crippen LogP) is 2.22. The van der Waals surface area contributed by atoms with Crippen LogP contribution in [0.3, 0.4) is 0 Å². The van der Waals surface area contributed by atoms with E-state index in [2.05, 4.69) is 4.74 Å². The van der Waals surface area contributed by atoms with E-state index in [0.29, 0.717) is 6.42 Å². The maximum atomic E-state index is 12.2. The van der Waals surface area contributed by atoms with Crippen LogP contribution in [0.2, 0.25) is 0 Å². The van der Waals surface area contributed by atoms with Crippen LogP contribution in [0, 0.1) is 12.8 Å². The van der Waals surface area contributed by atoms with Crippen molar-refractivity contribution in [1.82, 2.24) is 0 Å². The molecule has 1 unspecified atom stereocenters. The second kappa shape index (κ2) is 5.82. The molecule has 0 aliphatic rings. The summed E-state index contributed by atoms with van der Waals surface area (Å²) in [5.74, 6) is -1.41. The van der Waals surface area contributed by atoms with Crippen molar-refractivity contribution >= 4 is 28.2 Å². The van der Waals surface area contributed by atoms with E-state index >= 15 is 0 Å². The lowest BCUT2D eigenvalue weighted by atomic mass is 10.1. The monoisotopic (exact) mass is 255 g/mol. The Morgan fingerprint density at radius 3 is 2.59 bits per heavy atom. The van der Waals surface area contributed by atoms with Gasteiger partial charge in [0.25, 0.3) is 0 Å². The molecule has 0 radical (unpaired) electrons. The highest BCUT2D eigenvalue weighted by atomic mass is 32.1. The molecule has 0 aromatic carbocycles. The molecule has 0 spiro atoms. The Kier molecular flexibility index (Phi) is 4.69. The second-order valence-corrected chi connectivity index (χ2v) is 4.68. The quantitative estimate of drug-likeness (QED) is 0.612. The van der Waals surface area contributed by atoms with E-state index in [9.17, 15) is 9.59 Å². The summed E-state index contributed by atoms with van der Waals surface area (Å²) >= 11 is 1.49. The van der Waals surface area contributed by atoms with Gasteiger partial charge in [0.05, 0.1) is 7.11 Å². The molecular weight excluding hydrogens is 238 g/mol. The molecule has 0 saturated carbocycles. The van der Waals surface area contributed by atoms with E-state index in [0.717, 1.165) is 10.6 Å². The van der Waals surface area contributed by atoms with Gasteiger partial charge in [-0.3, -0.25) is 9.59 Å². The highest BCUT2D eigenvalue weighted by Gasteiger charge is 2.29. The van der Waals surface area contributed by atoms with Crippen LogP contribution in [0.25, 0.3) is 0 Å². The lowest BCUT2D eigenvalue weighted by Gasteiger charge is -2.21. The third kappa shape index (κ3) is 2.85. The molecule has 1 atom stereocenters. The molecule has 0 fully saturated rings. The highest BCUT2D eigenvalue weighted by molar-refractivity contribution is 7.14. The Hall–Kier alpha value is -1.36. The Morgan fingerprint density at radius 2 is 2.18 bits per heavy atom. The number of methoxy groups -OCH3 is 1. The van der Waals surface area contributed by atoms with Crippen LogP contribution in [0.15, 0.2) is 11.4 Å². The summed E-state index contributed by atoms with van der Waals surface area (Å²) in [6, 6.07) is 1.95. The SMILES string of the molecule is CCC(C(=O)OC)C(=O)N(C)c1sccc1C. The number of anilines is 1. The molecule has 1 heterocycles. The molecule has 0 N–H and O–H groups in total. The Morgan fingerprint density at radius 1 is 1.53 bits per heavy atom. The predicted molar refractivity (Wildman–Crippen MR) is 68.3 cm³/mol. The number of esters is 1. The molecule has 0 aliphatic heterocycles. The van der Waals surface area contributed by atoms with Gasteiger partial charge in [-0.05, 0) is 30.4 Å². The van der Waals surface area contributed by atoms with Crippen LogP contribution in [0.4, 0.5) is 5.00 Å². The molecule has 0 bridgehead atoms. The third-order valence-electron chi connectivity index (χ3n) is 2.66. The summed E-state index contributed by atoms with van der Waals surface area (Å²) in [7, 11) is 2.99. The molecule has 17 heavy (non-hydrogen) atoms. The van der Waals surface area contributed by atoms with Gasteiger partial charge < -0.3 is 9.64 Å². The van der Waals surface area contributed by atoms with Gasteiger partial charge >= 0.3 is 5.97 Å². The minimum atomic E-state index is -0.716. The first-order chi connectivity index (χ1) is 8.02. The van der Waals surface area contributed by atoms with Gasteiger partial charge in [0.15, 0.2) is 0 Å². The molecule has 1 aromatic rings. The van der Waals surface area contributed by atoms with Crippen molar-refractivity contribution in [2.24, 2.45) is 5.92 Å². The maximum Gasteiger partial charge on any atom is 0.318 e. The number of hydrogen-bond donors (Lipinski definition) is 0. The van der Waals surface area contributed by atoms with Gasteiger partial charge in [-0.1, -0.05) is 6.92 Å². The van der Waals surface area contributed by atoms with Gasteiger partial charge in [-0.25, -0.2) is 0 Å². The van der Waals surface area contributed by atoms with Crippen molar-refractivity contribution in [3.63, 3.8) is 0 Å². The van der Waals surface area contributed by atoms with Crippen LogP contribution >= 0.6 is 11.3 Å². The molecule has 94 valence electrons. The van der Waals surface area contributed by atoms with Crippen molar-refractivity contribution in [3.8, 4) is 0 Å². The summed E-state index contributed by atoms with van der Waals surface area (Å²) in [6.45, 7) is 3.74. The number of ether oxygens (including phenoxy) is 1. The molecule has 4 nitrogen and oxygen atoms in total. The van der Waals surface area contributed by atoms with E-state index in [-0.39, 0.29) is 5.91 Å². The molecule has 5 heteroatoms. The van der Waals surface area contributed by atoms with E-state index in [1.165, 1.54) is 23.3 Å². The number of carbonyl (C=O) groups excluding carboxylic acids is 2. The van der Waals surface area contributed by atoms with Gasteiger partial charge in [-0.2, -0.15) is 0 Å². The lowest BCUT2D eigenvalue weighted by Crippen LogP contribution is -2.37. The number of rotatable bonds is 4. The first-order valence-electron chi connectivity index (χ1n) is 5.42. The van der Waals surface area contributed by atoms with Crippen molar-refractivity contribution in [2.75, 3.05) is 19.1 Å². The average molecular weight is 255 g/mol. The van der Waals surface area contributed by atoms with Gasteiger partial charge in [0, 0.05) is 7.05 Å². The van der Waals surface area contributed by atoms with Gasteiger partial charge in [0.1, 0.15) is 10.9 Å². The van der Waals surface area contributed by atoms with Crippen molar-refractivity contribution in [1.29, 1.82) is 0 Å². The zero-order valence-electron chi connectivity index (χ0n) is 10.5. The van der Waals surface area contributed by atoms with Crippen LogP contribution in [0.1, 0.15) is 18.9 Å². The summed E-state index contributed by atoms with van der Waals surface area (Å²) in [4.78, 5) is 25.2. The lowest BCUT2D eigenvalue weighted by molar-refractivity contribution is -0.149. The Bertz CT molecular complexity index is 414. The second-order valence-electron chi connectivity index (χ2n) is 3.79. The summed E-state index contributed by atoms with van der Waals surface area (Å²) in [5.41, 5.74) is 1.03. The fraction of sp³-hybridized carbons (Fsp3) is 0.500. The van der Waals surface area contributed by atoms with Crippen LogP contribution in [0.5, 0.6) is 0 Å². The fourth-order valence-corrected chi connectivity index (χ4v) is 2.53. The van der Waals surface area contributed by atoms with E-state index in [4.69, 9.17) is 0 Å². The average Bonchev–Trinajstić information content (AvgIpc) is 2.74. The number of carbonyl (C=O) groups is 2. The standard InChI is InChI=1S/C12H17NO3S/c1-5-9(12(15)16-4)10(14)13(3)11-8(2)6-7-17-11/h6-7,9H,5H2,1-4H3. The molecule has 1 aromatic heterocycles. The largest absolute Gasteiger partial charge is 0.468 e. The molecular formula is C12H17NO3S. The summed E-state index contributed by atoms with van der Waals surface area (Å²) in [6.07, 6.45) is 0.445. The van der Waals surface area contributed by atoms with Gasteiger partial charge in [0.2, 0.25) is 5.91 Å². The summed E-state index contributed by atoms with van der Waals surface area (Å²) < 4.78 is 4.64. The minimum Gasteiger partial charge on any atom is -0.468 e. The van der Waals surface area contributed by atoms with E-state index < -0.39 is 11.9 Å². The molecule has 0 aliphatic carbocycles. The summed E-state index contributed by atoms with van der Waals surface area (Å²) in [5, 5.41) is 2.80. The van der Waals surface area contributed by atoms with E-state index in [1.807, 2.05) is 18.4 Å². The van der Waals surface area contributed by atoms with E-state index in [1.54, 1.807) is 14.0 Å². The van der Waals surface area contributed by atoms with Crippen molar-refractivity contribution in [2.45, 2.75) is 20.3 Å². The topological polar surface area (TPSA) is 46.6 Å². The number of nitrogens with zero attached hydrogens (tertiary/aromatic N) is 1. The van der Waals surface area contributed by atoms with Crippen LogP contribution in [-0.4, -0.2) is 26.0 Å². The number of aryl methyl sites for hydroxylation is 1. The number of amides is 1. The first kappa shape index (κ1) is 13.7. The van der Waals surface area contributed by atoms with Crippen molar-refractivity contribution < 1.29 is 14.3 Å². The van der Waals surface area contributed by atoms with Crippen molar-refractivity contribution in [3.05, 3.63) is 17.0 Å². The first-order valence-corrected chi connectivity index (χ1v) is 6.30. The normalized spacial score (nSPS) is 12.0. The smallest absolute Gasteiger partial charge is 0.318 e. The zero-order chi connectivity index (χ0) is 13.0. The molecule has 1 rings (SSSR count). The van der Waals surface area contributed by atoms with Crippen LogP contribution in [-0.2, 0) is 14.3 Å².